The number of aromatic nitrogens is 3. The average molecular weight is 323 g/mol. The van der Waals surface area contributed by atoms with Crippen LogP contribution in [-0.2, 0) is 6.42 Å². The Morgan fingerprint density at radius 3 is 2.88 bits per heavy atom. The molecule has 0 aliphatic rings. The maximum absolute atomic E-state index is 12.2. The zero-order valence-electron chi connectivity index (χ0n) is 13.9. The number of nitrogens with one attached hydrogen (secondary N) is 1. The van der Waals surface area contributed by atoms with E-state index in [1.807, 2.05) is 72.1 Å². The number of benzene rings is 1. The smallest absolute Gasteiger partial charge is 0.251 e. The highest BCUT2D eigenvalue weighted by molar-refractivity contribution is 5.95. The van der Waals surface area contributed by atoms with E-state index in [0.717, 1.165) is 30.0 Å². The van der Waals surface area contributed by atoms with Crippen LogP contribution in [0.4, 0.5) is 5.69 Å². The molecule has 3 aromatic rings. The minimum Gasteiger partial charge on any atom is -0.378 e. The summed E-state index contributed by atoms with van der Waals surface area (Å²) in [5.74, 6) is 0.860. The summed E-state index contributed by atoms with van der Waals surface area (Å²) in [4.78, 5) is 14.2. The summed E-state index contributed by atoms with van der Waals surface area (Å²) < 4.78 is 1.97. The van der Waals surface area contributed by atoms with Crippen LogP contribution in [0.1, 0.15) is 22.6 Å². The molecule has 24 heavy (non-hydrogen) atoms. The number of aryl methyl sites for hydroxylation is 1. The molecule has 0 saturated carbocycles. The number of carbonyl (C=O) groups is 1. The molecule has 6 nitrogen and oxygen atoms in total. The van der Waals surface area contributed by atoms with Crippen LogP contribution in [0.25, 0.3) is 5.65 Å². The van der Waals surface area contributed by atoms with Gasteiger partial charge in [-0.15, -0.1) is 10.2 Å². The summed E-state index contributed by atoms with van der Waals surface area (Å²) in [7, 11) is 3.92. The van der Waals surface area contributed by atoms with E-state index in [9.17, 15) is 4.79 Å². The van der Waals surface area contributed by atoms with Gasteiger partial charge in [0.25, 0.3) is 5.91 Å². The molecule has 0 unspecified atom stereocenters. The minimum atomic E-state index is -0.0511. The summed E-state index contributed by atoms with van der Waals surface area (Å²) in [5, 5.41) is 11.3. The van der Waals surface area contributed by atoms with Crippen LogP contribution >= 0.6 is 0 Å². The number of rotatable bonds is 6. The Kier molecular flexibility index (Phi) is 4.74. The summed E-state index contributed by atoms with van der Waals surface area (Å²) in [6.45, 7) is 0.604. The molecule has 0 bridgehead atoms. The van der Waals surface area contributed by atoms with Gasteiger partial charge < -0.3 is 10.2 Å². The van der Waals surface area contributed by atoms with Crippen LogP contribution in [0, 0.1) is 0 Å². The monoisotopic (exact) mass is 323 g/mol. The Balaban J connectivity index is 1.53. The molecule has 0 fully saturated rings. The molecule has 0 radical (unpaired) electrons. The van der Waals surface area contributed by atoms with Gasteiger partial charge in [-0.25, -0.2) is 0 Å². The van der Waals surface area contributed by atoms with Gasteiger partial charge in [0.05, 0.1) is 0 Å². The van der Waals surface area contributed by atoms with Gasteiger partial charge in [0.2, 0.25) is 0 Å². The zero-order chi connectivity index (χ0) is 16.9. The molecule has 1 aromatic carbocycles. The van der Waals surface area contributed by atoms with E-state index in [1.165, 1.54) is 0 Å². The van der Waals surface area contributed by atoms with Crippen molar-refractivity contribution in [3.8, 4) is 0 Å². The molecule has 1 N–H and O–H groups in total. The highest BCUT2D eigenvalue weighted by Crippen LogP contribution is 2.13. The normalized spacial score (nSPS) is 10.8. The molecule has 1 amide bonds. The van der Waals surface area contributed by atoms with Gasteiger partial charge in [0.15, 0.2) is 5.65 Å². The standard InChI is InChI=1S/C18H21N5O/c1-22(2)15-8-5-7-14(13-15)18(24)19-11-6-10-17-21-20-16-9-3-4-12-23(16)17/h3-5,7-9,12-13H,6,10-11H2,1-2H3,(H,19,24). The van der Waals surface area contributed by atoms with Crippen LogP contribution < -0.4 is 10.2 Å². The Morgan fingerprint density at radius 1 is 1.17 bits per heavy atom. The van der Waals surface area contributed by atoms with Crippen LogP contribution in [0.2, 0.25) is 0 Å². The fraction of sp³-hybridized carbons (Fsp3) is 0.278. The number of anilines is 1. The summed E-state index contributed by atoms with van der Waals surface area (Å²) >= 11 is 0. The topological polar surface area (TPSA) is 62.5 Å². The summed E-state index contributed by atoms with van der Waals surface area (Å²) in [5.41, 5.74) is 2.53. The fourth-order valence-electron chi connectivity index (χ4n) is 2.54. The fourth-order valence-corrected chi connectivity index (χ4v) is 2.54. The first-order chi connectivity index (χ1) is 11.6. The van der Waals surface area contributed by atoms with Crippen molar-refractivity contribution >= 4 is 17.2 Å². The lowest BCUT2D eigenvalue weighted by Crippen LogP contribution is -2.25. The van der Waals surface area contributed by atoms with Crippen LogP contribution in [-0.4, -0.2) is 41.1 Å². The predicted octanol–water partition coefficient (Wildman–Crippen LogP) is 2.16. The number of nitrogens with zero attached hydrogens (tertiary/aromatic N) is 4. The Hall–Kier alpha value is -2.89. The highest BCUT2D eigenvalue weighted by atomic mass is 16.1. The second kappa shape index (κ2) is 7.12. The van der Waals surface area contributed by atoms with Crippen molar-refractivity contribution < 1.29 is 4.79 Å². The molecule has 2 heterocycles. The second-order valence-corrected chi connectivity index (χ2v) is 5.85. The number of hydrogen-bond acceptors (Lipinski definition) is 4. The minimum absolute atomic E-state index is 0.0511. The van der Waals surface area contributed by atoms with E-state index in [4.69, 9.17) is 0 Å². The van der Waals surface area contributed by atoms with E-state index in [-0.39, 0.29) is 5.91 Å². The molecule has 0 spiro atoms. The van der Waals surface area contributed by atoms with Crippen molar-refractivity contribution in [1.29, 1.82) is 0 Å². The van der Waals surface area contributed by atoms with E-state index in [0.29, 0.717) is 12.1 Å². The molecule has 0 atom stereocenters. The Labute approximate surface area is 141 Å². The number of carbonyl (C=O) groups excluding carboxylic acids is 1. The van der Waals surface area contributed by atoms with Gasteiger partial charge in [-0.2, -0.15) is 0 Å². The van der Waals surface area contributed by atoms with Crippen LogP contribution in [0.3, 0.4) is 0 Å². The van der Waals surface area contributed by atoms with Gasteiger partial charge in [-0.1, -0.05) is 12.1 Å². The van der Waals surface area contributed by atoms with Crippen molar-refractivity contribution in [3.63, 3.8) is 0 Å². The first-order valence-corrected chi connectivity index (χ1v) is 7.99. The summed E-state index contributed by atoms with van der Waals surface area (Å²) in [6.07, 6.45) is 3.54. The first-order valence-electron chi connectivity index (χ1n) is 7.99. The molecule has 2 aromatic heterocycles. The van der Waals surface area contributed by atoms with Crippen molar-refractivity contribution in [3.05, 3.63) is 60.0 Å². The molecule has 6 heteroatoms. The highest BCUT2D eigenvalue weighted by Gasteiger charge is 2.08. The quantitative estimate of drug-likeness (QED) is 0.706. The Morgan fingerprint density at radius 2 is 2.04 bits per heavy atom. The second-order valence-electron chi connectivity index (χ2n) is 5.85. The molecule has 0 aliphatic heterocycles. The predicted molar refractivity (Wildman–Crippen MR) is 94.4 cm³/mol. The third kappa shape index (κ3) is 3.53. The average Bonchev–Trinajstić information content (AvgIpc) is 3.02. The van der Waals surface area contributed by atoms with E-state index in [1.54, 1.807) is 0 Å². The zero-order valence-corrected chi connectivity index (χ0v) is 13.9. The van der Waals surface area contributed by atoms with Gasteiger partial charge in [0.1, 0.15) is 5.82 Å². The molecule has 0 aliphatic carbocycles. The molecule has 124 valence electrons. The maximum Gasteiger partial charge on any atom is 0.251 e. The molecular formula is C18H21N5O. The van der Waals surface area contributed by atoms with E-state index in [2.05, 4.69) is 15.5 Å². The van der Waals surface area contributed by atoms with E-state index >= 15 is 0 Å². The number of amides is 1. The van der Waals surface area contributed by atoms with Crippen molar-refractivity contribution in [2.75, 3.05) is 25.5 Å². The third-order valence-corrected chi connectivity index (χ3v) is 3.87. The van der Waals surface area contributed by atoms with Gasteiger partial charge in [-0.3, -0.25) is 9.20 Å². The number of pyridine rings is 1. The third-order valence-electron chi connectivity index (χ3n) is 3.87. The Bertz CT molecular complexity index is 840. The van der Waals surface area contributed by atoms with Crippen molar-refractivity contribution in [2.24, 2.45) is 0 Å². The van der Waals surface area contributed by atoms with Gasteiger partial charge in [-0.05, 0) is 36.8 Å². The maximum atomic E-state index is 12.2. The van der Waals surface area contributed by atoms with Crippen LogP contribution in [0.5, 0.6) is 0 Å². The first kappa shape index (κ1) is 16.0. The van der Waals surface area contributed by atoms with E-state index < -0.39 is 0 Å². The van der Waals surface area contributed by atoms with Gasteiger partial charge in [0, 0.05) is 44.5 Å². The number of hydrogen-bond donors (Lipinski definition) is 1. The SMILES string of the molecule is CN(C)c1cccc(C(=O)NCCCc2nnc3ccccn23)c1. The molecule has 3 rings (SSSR count). The lowest BCUT2D eigenvalue weighted by Gasteiger charge is -2.13. The largest absolute Gasteiger partial charge is 0.378 e. The number of fused-ring (bicyclic) bond motifs is 1. The molecule has 0 saturated heterocycles. The van der Waals surface area contributed by atoms with Crippen molar-refractivity contribution in [1.82, 2.24) is 19.9 Å². The van der Waals surface area contributed by atoms with Gasteiger partial charge >= 0.3 is 0 Å². The lowest BCUT2D eigenvalue weighted by molar-refractivity contribution is 0.0953. The summed E-state index contributed by atoms with van der Waals surface area (Å²) in [6, 6.07) is 13.4. The lowest BCUT2D eigenvalue weighted by atomic mass is 10.1. The van der Waals surface area contributed by atoms with Crippen molar-refractivity contribution in [2.45, 2.75) is 12.8 Å². The molecular weight excluding hydrogens is 302 g/mol. The van der Waals surface area contributed by atoms with Crippen LogP contribution in [0.15, 0.2) is 48.7 Å².